The van der Waals surface area contributed by atoms with Crippen molar-refractivity contribution in [1.29, 1.82) is 0 Å². The maximum absolute atomic E-state index is 14.9. The number of amides is 1. The van der Waals surface area contributed by atoms with Gasteiger partial charge < -0.3 is 19.2 Å². The van der Waals surface area contributed by atoms with Crippen molar-refractivity contribution in [2.75, 3.05) is 24.7 Å². The third kappa shape index (κ3) is 7.20. The molecule has 2 atom stereocenters. The summed E-state index contributed by atoms with van der Waals surface area (Å²) in [6.45, 7) is 1.72. The topological polar surface area (TPSA) is 146 Å². The lowest BCUT2D eigenvalue weighted by molar-refractivity contribution is -0.757. The van der Waals surface area contributed by atoms with Crippen LogP contribution in [0.15, 0.2) is 72.8 Å². The molecule has 12 nitrogen and oxygen atoms in total. The minimum Gasteiger partial charge on any atom is -0.463 e. The summed E-state index contributed by atoms with van der Waals surface area (Å²) in [5, 5.41) is 12.8. The molecular weight excluding hydrogens is 635 g/mol. The van der Waals surface area contributed by atoms with Gasteiger partial charge in [0.25, 0.3) is 5.09 Å². The molecule has 48 heavy (non-hydrogen) atoms. The van der Waals surface area contributed by atoms with Crippen LogP contribution >= 0.6 is 0 Å². The predicted octanol–water partition coefficient (Wildman–Crippen LogP) is 4.48. The quantitative estimate of drug-likeness (QED) is 0.0995. The van der Waals surface area contributed by atoms with Gasteiger partial charge in [0.2, 0.25) is 12.0 Å². The van der Waals surface area contributed by atoms with Gasteiger partial charge in [0.1, 0.15) is 23.0 Å². The van der Waals surface area contributed by atoms with Gasteiger partial charge >= 0.3 is 12.0 Å². The molecule has 1 aliphatic heterocycles. The second kappa shape index (κ2) is 14.5. The Bertz CT molecular complexity index is 1790. The van der Waals surface area contributed by atoms with E-state index in [1.165, 1.54) is 0 Å². The highest BCUT2D eigenvalue weighted by atomic mass is 19.1. The van der Waals surface area contributed by atoms with E-state index in [-0.39, 0.29) is 36.9 Å². The van der Waals surface area contributed by atoms with Gasteiger partial charge in [-0.2, -0.15) is 0 Å². The minimum absolute atomic E-state index is 0.0249. The van der Waals surface area contributed by atoms with E-state index in [0.717, 1.165) is 4.90 Å². The molecule has 0 fully saturated rings. The SMILES string of the molecule is Cc1cc(C)nc(O[C@H](C(=O)OCCCO[N+](=O)[O-])[C@@]2(c3ccccc3)NCC(=O)N(Cc3c(F)cc(F)cc3F)c3ccccc32)n1. The largest absolute Gasteiger partial charge is 0.463 e. The monoisotopic (exact) mass is 665 g/mol. The molecular formula is C33H30F3N5O7. The highest BCUT2D eigenvalue weighted by Crippen LogP contribution is 2.43. The highest BCUT2D eigenvalue weighted by molar-refractivity contribution is 5.97. The molecule has 0 radical (unpaired) electrons. The van der Waals surface area contributed by atoms with Gasteiger partial charge in [-0.1, -0.05) is 48.5 Å². The number of anilines is 1. The zero-order chi connectivity index (χ0) is 34.4. The second-order valence-corrected chi connectivity index (χ2v) is 10.9. The number of hydrogen-bond donors (Lipinski definition) is 1. The van der Waals surface area contributed by atoms with Gasteiger partial charge in [0.05, 0.1) is 26.3 Å². The molecule has 5 rings (SSSR count). The Morgan fingerprint density at radius 2 is 1.65 bits per heavy atom. The van der Waals surface area contributed by atoms with E-state index in [1.807, 2.05) is 0 Å². The Morgan fingerprint density at radius 1 is 1.00 bits per heavy atom. The maximum atomic E-state index is 14.9. The molecule has 1 aromatic heterocycles. The van der Waals surface area contributed by atoms with Crippen LogP contribution in [0.1, 0.15) is 34.5 Å². The van der Waals surface area contributed by atoms with Crippen molar-refractivity contribution in [2.45, 2.75) is 38.5 Å². The van der Waals surface area contributed by atoms with E-state index in [9.17, 15) is 32.9 Å². The highest BCUT2D eigenvalue weighted by Gasteiger charge is 2.52. The fourth-order valence-electron chi connectivity index (χ4n) is 5.59. The Hall–Kier alpha value is -5.57. The van der Waals surface area contributed by atoms with Crippen molar-refractivity contribution in [3.63, 3.8) is 0 Å². The van der Waals surface area contributed by atoms with Crippen LogP contribution in [0.25, 0.3) is 0 Å². The second-order valence-electron chi connectivity index (χ2n) is 10.9. The predicted molar refractivity (Wildman–Crippen MR) is 164 cm³/mol. The molecule has 4 aromatic rings. The molecule has 15 heteroatoms. The number of benzene rings is 3. The van der Waals surface area contributed by atoms with Gasteiger partial charge in [-0.3, -0.25) is 10.1 Å². The van der Waals surface area contributed by atoms with Crippen LogP contribution < -0.4 is 15.0 Å². The van der Waals surface area contributed by atoms with Crippen molar-refractivity contribution >= 4 is 17.6 Å². The van der Waals surface area contributed by atoms with Crippen molar-refractivity contribution in [3.05, 3.63) is 128 Å². The number of nitrogens with one attached hydrogen (secondary N) is 1. The number of aromatic nitrogens is 2. The van der Waals surface area contributed by atoms with Crippen LogP contribution in [0.4, 0.5) is 18.9 Å². The molecule has 0 saturated heterocycles. The summed E-state index contributed by atoms with van der Waals surface area (Å²) in [5.41, 5.74) is -0.302. The number of rotatable bonds is 12. The van der Waals surface area contributed by atoms with Crippen LogP contribution in [0.2, 0.25) is 0 Å². The summed E-state index contributed by atoms with van der Waals surface area (Å²) in [5.74, 6) is -5.04. The molecule has 2 heterocycles. The third-order valence-electron chi connectivity index (χ3n) is 7.61. The molecule has 0 spiro atoms. The summed E-state index contributed by atoms with van der Waals surface area (Å²) in [4.78, 5) is 52.7. The van der Waals surface area contributed by atoms with E-state index < -0.39 is 64.7 Å². The van der Waals surface area contributed by atoms with E-state index in [2.05, 4.69) is 20.1 Å². The minimum atomic E-state index is -1.72. The van der Waals surface area contributed by atoms with E-state index in [1.54, 1.807) is 74.5 Å². The van der Waals surface area contributed by atoms with Crippen molar-refractivity contribution in [1.82, 2.24) is 15.3 Å². The molecule has 3 aromatic carbocycles. The van der Waals surface area contributed by atoms with Crippen LogP contribution in [0.5, 0.6) is 6.01 Å². The number of carbonyl (C=O) groups excluding carboxylic acids is 2. The number of hydrogen-bond acceptors (Lipinski definition) is 10. The third-order valence-corrected chi connectivity index (χ3v) is 7.61. The Morgan fingerprint density at radius 3 is 2.31 bits per heavy atom. The summed E-state index contributed by atoms with van der Waals surface area (Å²) in [6, 6.07) is 17.5. The average molecular weight is 666 g/mol. The summed E-state index contributed by atoms with van der Waals surface area (Å²) >= 11 is 0. The van der Waals surface area contributed by atoms with Crippen LogP contribution in [0.3, 0.4) is 0 Å². The normalized spacial score (nSPS) is 16.4. The van der Waals surface area contributed by atoms with Gasteiger partial charge in [0.15, 0.2) is 0 Å². The smallest absolute Gasteiger partial charge is 0.350 e. The van der Waals surface area contributed by atoms with Crippen molar-refractivity contribution in [3.8, 4) is 6.01 Å². The number of carbonyl (C=O) groups is 2. The van der Waals surface area contributed by atoms with Crippen LogP contribution in [-0.4, -0.2) is 52.8 Å². The lowest BCUT2D eigenvalue weighted by atomic mass is 9.77. The fraction of sp³-hybridized carbons (Fsp3) is 0.273. The summed E-state index contributed by atoms with van der Waals surface area (Å²) in [6.07, 6.45) is -1.67. The molecule has 0 aliphatic carbocycles. The molecule has 0 bridgehead atoms. The molecule has 0 unspecified atom stereocenters. The molecule has 1 N–H and O–H groups in total. The fourth-order valence-corrected chi connectivity index (χ4v) is 5.59. The molecule has 0 saturated carbocycles. The van der Waals surface area contributed by atoms with E-state index >= 15 is 0 Å². The molecule has 250 valence electrons. The van der Waals surface area contributed by atoms with Gasteiger partial charge in [-0.05, 0) is 31.5 Å². The maximum Gasteiger partial charge on any atom is 0.350 e. The zero-order valence-electron chi connectivity index (χ0n) is 25.8. The zero-order valence-corrected chi connectivity index (χ0v) is 25.8. The first kappa shape index (κ1) is 33.8. The standard InChI is InChI=1S/C33H30F3N5O7/c1-20-15-21(2)39-32(38-20)48-30(31(43)46-13-8-14-47-41(44)45)33(22-9-4-3-5-10-22)25-11-6-7-12-28(25)40(29(42)18-37-33)19-24-26(35)16-23(34)17-27(24)36/h3-7,9-12,15-17,30,37H,8,13-14,18-19H2,1-2H3/t30-,33+/m1/s1. The number of halogens is 3. The van der Waals surface area contributed by atoms with Crippen molar-refractivity contribution in [2.24, 2.45) is 0 Å². The van der Waals surface area contributed by atoms with Crippen molar-refractivity contribution < 1.29 is 42.2 Å². The number of esters is 1. The number of nitrogens with zero attached hydrogens (tertiary/aromatic N) is 4. The Labute approximate surface area is 272 Å². The van der Waals surface area contributed by atoms with Gasteiger partial charge in [-0.15, -0.1) is 10.1 Å². The summed E-state index contributed by atoms with van der Waals surface area (Å²) in [7, 11) is 0. The first-order valence-corrected chi connectivity index (χ1v) is 14.8. The molecule has 1 aliphatic rings. The average Bonchev–Trinajstić information content (AvgIpc) is 3.15. The first-order chi connectivity index (χ1) is 23.0. The Kier molecular flexibility index (Phi) is 10.2. The van der Waals surface area contributed by atoms with Gasteiger partial charge in [-0.25, -0.2) is 27.9 Å². The molecule has 1 amide bonds. The lowest BCUT2D eigenvalue weighted by Crippen LogP contribution is -2.59. The number of aryl methyl sites for hydroxylation is 2. The lowest BCUT2D eigenvalue weighted by Gasteiger charge is -2.40. The first-order valence-electron chi connectivity index (χ1n) is 14.8. The van der Waals surface area contributed by atoms with E-state index in [4.69, 9.17) is 9.47 Å². The summed E-state index contributed by atoms with van der Waals surface area (Å²) < 4.78 is 55.3. The van der Waals surface area contributed by atoms with Crippen LogP contribution in [-0.2, 0) is 31.2 Å². The van der Waals surface area contributed by atoms with Crippen LogP contribution in [0, 0.1) is 41.4 Å². The van der Waals surface area contributed by atoms with E-state index in [0.29, 0.717) is 29.1 Å². The number of para-hydroxylation sites is 1. The number of ether oxygens (including phenoxy) is 2. The number of fused-ring (bicyclic) bond motifs is 1. The Balaban J connectivity index is 1.68. The van der Waals surface area contributed by atoms with Gasteiger partial charge in [0, 0.05) is 46.8 Å².